The van der Waals surface area contributed by atoms with Crippen LogP contribution in [0.5, 0.6) is 0 Å². The van der Waals surface area contributed by atoms with E-state index >= 15 is 0 Å². The number of nitrogens with zero attached hydrogens (tertiary/aromatic N) is 3. The molecule has 0 aliphatic carbocycles. The molecule has 0 spiro atoms. The van der Waals surface area contributed by atoms with Crippen LogP contribution in [0, 0.1) is 0 Å². The number of nitrogens with one attached hydrogen (secondary N) is 1. The quantitative estimate of drug-likeness (QED) is 0.712. The van der Waals surface area contributed by atoms with Gasteiger partial charge in [-0.2, -0.15) is 0 Å². The molecule has 2 heterocycles. The molecule has 2 aromatic heterocycles. The number of fused-ring (bicyclic) bond motifs is 1. The van der Waals surface area contributed by atoms with Gasteiger partial charge in [-0.15, -0.1) is 0 Å². The average Bonchev–Trinajstić information content (AvgIpc) is 2.82. The highest BCUT2D eigenvalue weighted by Crippen LogP contribution is 2.21. The number of H-pyrrole nitrogens is 1. The number of rotatable bonds is 2. The second kappa shape index (κ2) is 4.58. The molecule has 0 saturated heterocycles. The molecule has 18 heavy (non-hydrogen) atoms. The molecule has 0 unspecified atom stereocenters. The lowest BCUT2D eigenvalue weighted by Crippen LogP contribution is -1.97. The predicted octanol–water partition coefficient (Wildman–Crippen LogP) is 2.29. The largest absolute Gasteiger partial charge is 0.333 e. The Morgan fingerprint density at radius 3 is 2.89 bits per heavy atom. The van der Waals surface area contributed by atoms with E-state index in [1.165, 1.54) is 18.6 Å². The maximum absolute atomic E-state index is 11.9. The second-order valence-electron chi connectivity index (χ2n) is 3.54. The monoisotopic (exact) mass is 256 g/mol. The molecule has 0 aliphatic heterocycles. The third kappa shape index (κ3) is 2.10. The van der Waals surface area contributed by atoms with Gasteiger partial charge in [-0.1, -0.05) is 12.1 Å². The molecule has 3 aromatic rings. The molecule has 6 heteroatoms. The van der Waals surface area contributed by atoms with Crippen molar-refractivity contribution in [3.05, 3.63) is 48.5 Å². The van der Waals surface area contributed by atoms with E-state index in [-0.39, 0.29) is 5.12 Å². The maximum atomic E-state index is 11.9. The van der Waals surface area contributed by atoms with Crippen LogP contribution >= 0.6 is 11.8 Å². The molecule has 0 fully saturated rings. The Kier molecular flexibility index (Phi) is 2.77. The minimum absolute atomic E-state index is 0.179. The lowest BCUT2D eigenvalue weighted by molar-refractivity contribution is 0.108. The summed E-state index contributed by atoms with van der Waals surface area (Å²) in [7, 11) is 0. The highest BCUT2D eigenvalue weighted by Gasteiger charge is 2.12. The van der Waals surface area contributed by atoms with Gasteiger partial charge < -0.3 is 4.98 Å². The van der Waals surface area contributed by atoms with Crippen LogP contribution in [0.4, 0.5) is 0 Å². The Morgan fingerprint density at radius 2 is 2.11 bits per heavy atom. The maximum Gasteiger partial charge on any atom is 0.246 e. The van der Waals surface area contributed by atoms with E-state index in [1.807, 2.05) is 24.3 Å². The minimum Gasteiger partial charge on any atom is -0.333 e. The van der Waals surface area contributed by atoms with Crippen LogP contribution in [-0.2, 0) is 0 Å². The smallest absolute Gasteiger partial charge is 0.246 e. The van der Waals surface area contributed by atoms with Crippen LogP contribution in [-0.4, -0.2) is 25.1 Å². The first kappa shape index (κ1) is 10.9. The van der Waals surface area contributed by atoms with Gasteiger partial charge in [-0.05, 0) is 23.9 Å². The molecule has 3 rings (SSSR count). The van der Waals surface area contributed by atoms with Crippen molar-refractivity contribution < 1.29 is 4.79 Å². The Balaban J connectivity index is 1.86. The first-order valence-electron chi connectivity index (χ1n) is 5.26. The highest BCUT2D eigenvalue weighted by atomic mass is 32.2. The summed E-state index contributed by atoms with van der Waals surface area (Å²) < 4.78 is 0. The van der Waals surface area contributed by atoms with Crippen molar-refractivity contribution in [1.82, 2.24) is 19.9 Å². The molecular formula is C12H8N4OS. The fourth-order valence-electron chi connectivity index (χ4n) is 1.52. The number of hydrogen-bond donors (Lipinski definition) is 1. The zero-order chi connectivity index (χ0) is 12.4. The summed E-state index contributed by atoms with van der Waals surface area (Å²) in [6.07, 6.45) is 4.47. The molecule has 0 aliphatic rings. The van der Waals surface area contributed by atoms with Crippen LogP contribution in [0.25, 0.3) is 11.0 Å². The molecule has 0 bridgehead atoms. The number of carbonyl (C=O) groups excluding carboxylic acids is 1. The Morgan fingerprint density at radius 1 is 1.22 bits per heavy atom. The third-order valence-corrected chi connectivity index (χ3v) is 3.11. The average molecular weight is 256 g/mol. The molecular weight excluding hydrogens is 248 g/mol. The van der Waals surface area contributed by atoms with Gasteiger partial charge in [-0.25, -0.2) is 9.97 Å². The predicted molar refractivity (Wildman–Crippen MR) is 68.3 cm³/mol. The summed E-state index contributed by atoms with van der Waals surface area (Å²) in [6.45, 7) is 0. The number of hydrogen-bond acceptors (Lipinski definition) is 5. The van der Waals surface area contributed by atoms with E-state index in [4.69, 9.17) is 0 Å². The second-order valence-corrected chi connectivity index (χ2v) is 4.50. The number of thioether (sulfide) groups is 1. The molecule has 0 radical (unpaired) electrons. The van der Waals surface area contributed by atoms with Gasteiger partial charge in [0, 0.05) is 12.4 Å². The zero-order valence-electron chi connectivity index (χ0n) is 9.20. The summed E-state index contributed by atoms with van der Waals surface area (Å²) in [4.78, 5) is 27.1. The summed E-state index contributed by atoms with van der Waals surface area (Å²) >= 11 is 1.01. The normalized spacial score (nSPS) is 10.7. The Hall–Kier alpha value is -2.21. The van der Waals surface area contributed by atoms with Gasteiger partial charge in [0.25, 0.3) is 0 Å². The van der Waals surface area contributed by atoms with E-state index in [9.17, 15) is 4.79 Å². The number of carbonyl (C=O) groups is 1. The van der Waals surface area contributed by atoms with Crippen molar-refractivity contribution in [3.8, 4) is 0 Å². The first-order valence-corrected chi connectivity index (χ1v) is 6.07. The van der Waals surface area contributed by atoms with Gasteiger partial charge >= 0.3 is 0 Å². The molecule has 1 aromatic carbocycles. The van der Waals surface area contributed by atoms with E-state index in [0.717, 1.165) is 22.8 Å². The molecule has 0 saturated carbocycles. The van der Waals surface area contributed by atoms with Gasteiger partial charge in [0.05, 0.1) is 17.2 Å². The van der Waals surface area contributed by atoms with Crippen molar-refractivity contribution in [2.24, 2.45) is 0 Å². The Labute approximate surface area is 107 Å². The fourth-order valence-corrected chi connectivity index (χ4v) is 2.21. The van der Waals surface area contributed by atoms with Crippen LogP contribution in [0.2, 0.25) is 0 Å². The third-order valence-electron chi connectivity index (χ3n) is 2.33. The molecule has 0 atom stereocenters. The highest BCUT2D eigenvalue weighted by molar-refractivity contribution is 8.14. The van der Waals surface area contributed by atoms with Crippen molar-refractivity contribution in [1.29, 1.82) is 0 Å². The van der Waals surface area contributed by atoms with E-state index in [2.05, 4.69) is 19.9 Å². The molecule has 0 amide bonds. The standard InChI is InChI=1S/C12H8N4OS/c17-11(10-7-13-5-6-14-10)18-12-15-8-3-1-2-4-9(8)16-12/h1-7H,(H,15,16). The number of benzene rings is 1. The molecule has 5 nitrogen and oxygen atoms in total. The van der Waals surface area contributed by atoms with E-state index in [1.54, 1.807) is 0 Å². The zero-order valence-corrected chi connectivity index (χ0v) is 10.0. The summed E-state index contributed by atoms with van der Waals surface area (Å²) in [6, 6.07) is 7.63. The summed E-state index contributed by atoms with van der Waals surface area (Å²) in [5.41, 5.74) is 2.07. The van der Waals surface area contributed by atoms with Gasteiger partial charge in [-0.3, -0.25) is 9.78 Å². The fraction of sp³-hybridized carbons (Fsp3) is 0. The van der Waals surface area contributed by atoms with Crippen molar-refractivity contribution in [2.75, 3.05) is 0 Å². The van der Waals surface area contributed by atoms with Crippen molar-refractivity contribution in [2.45, 2.75) is 5.16 Å². The van der Waals surface area contributed by atoms with Gasteiger partial charge in [0.15, 0.2) is 5.16 Å². The summed E-state index contributed by atoms with van der Waals surface area (Å²) in [5.74, 6) is 0. The van der Waals surface area contributed by atoms with Crippen LogP contribution in [0.3, 0.4) is 0 Å². The van der Waals surface area contributed by atoms with Crippen molar-refractivity contribution >= 4 is 27.9 Å². The topological polar surface area (TPSA) is 71.5 Å². The van der Waals surface area contributed by atoms with Gasteiger partial charge in [0.2, 0.25) is 5.12 Å². The van der Waals surface area contributed by atoms with E-state index < -0.39 is 0 Å². The molecule has 1 N–H and O–H groups in total. The Bertz CT molecular complexity index is 662. The SMILES string of the molecule is O=C(Sc1nc2ccccc2[nH]1)c1cnccn1. The van der Waals surface area contributed by atoms with Crippen LogP contribution < -0.4 is 0 Å². The van der Waals surface area contributed by atoms with Gasteiger partial charge in [0.1, 0.15) is 5.69 Å². The molecule has 88 valence electrons. The van der Waals surface area contributed by atoms with Crippen LogP contribution in [0.15, 0.2) is 48.0 Å². The van der Waals surface area contributed by atoms with Crippen molar-refractivity contribution in [3.63, 3.8) is 0 Å². The number of aromatic amines is 1. The van der Waals surface area contributed by atoms with E-state index in [0.29, 0.717) is 10.9 Å². The minimum atomic E-state index is -0.179. The number of imidazole rings is 1. The first-order chi connectivity index (χ1) is 8.83. The number of para-hydroxylation sites is 2. The lowest BCUT2D eigenvalue weighted by Gasteiger charge is -1.95. The number of aromatic nitrogens is 4. The summed E-state index contributed by atoms with van der Waals surface area (Å²) in [5, 5.41) is 0.383. The lowest BCUT2D eigenvalue weighted by atomic mass is 10.3. The van der Waals surface area contributed by atoms with Crippen LogP contribution in [0.1, 0.15) is 10.5 Å².